The zero-order valence-electron chi connectivity index (χ0n) is 10.3. The highest BCUT2D eigenvalue weighted by Crippen LogP contribution is 2.30. The zero-order valence-corrected chi connectivity index (χ0v) is 11.1. The van der Waals surface area contributed by atoms with Gasteiger partial charge in [-0.3, -0.25) is 10.00 Å². The van der Waals surface area contributed by atoms with Crippen molar-refractivity contribution in [1.82, 2.24) is 20.1 Å². The summed E-state index contributed by atoms with van der Waals surface area (Å²) < 4.78 is 26.1. The molecule has 19 heavy (non-hydrogen) atoms. The summed E-state index contributed by atoms with van der Waals surface area (Å²) in [6.45, 7) is 1.65. The van der Waals surface area contributed by atoms with E-state index < -0.39 is 5.92 Å². The lowest BCUT2D eigenvalue weighted by Gasteiger charge is -2.31. The fraction of sp³-hybridized carbons (Fsp3) is 0.500. The highest BCUT2D eigenvalue weighted by Gasteiger charge is 2.33. The largest absolute Gasteiger partial charge is 0.298 e. The van der Waals surface area contributed by atoms with Crippen molar-refractivity contribution in [1.29, 1.82) is 0 Å². The van der Waals surface area contributed by atoms with Crippen LogP contribution in [0.15, 0.2) is 18.5 Å². The van der Waals surface area contributed by atoms with E-state index in [4.69, 9.17) is 0 Å². The van der Waals surface area contributed by atoms with Gasteiger partial charge in [0.05, 0.1) is 4.88 Å². The van der Waals surface area contributed by atoms with Crippen LogP contribution in [-0.4, -0.2) is 39.1 Å². The number of nitrogens with zero attached hydrogens (tertiary/aromatic N) is 3. The van der Waals surface area contributed by atoms with Gasteiger partial charge < -0.3 is 0 Å². The van der Waals surface area contributed by atoms with E-state index in [9.17, 15) is 8.78 Å². The minimum atomic E-state index is -2.48. The SMILES string of the molecule is FC1(F)CCN(Cc2ccc(-c3ncn[nH]3)s2)CC1. The lowest BCUT2D eigenvalue weighted by Crippen LogP contribution is -2.38. The quantitative estimate of drug-likeness (QED) is 0.942. The topological polar surface area (TPSA) is 44.8 Å². The molecule has 0 radical (unpaired) electrons. The summed E-state index contributed by atoms with van der Waals surface area (Å²) in [6.07, 6.45) is 1.40. The van der Waals surface area contributed by atoms with Crippen LogP contribution in [0.5, 0.6) is 0 Å². The lowest BCUT2D eigenvalue weighted by molar-refractivity contribution is -0.0564. The van der Waals surface area contributed by atoms with Gasteiger partial charge in [-0.15, -0.1) is 11.3 Å². The van der Waals surface area contributed by atoms with E-state index in [-0.39, 0.29) is 12.8 Å². The maximum absolute atomic E-state index is 13.1. The van der Waals surface area contributed by atoms with Crippen molar-refractivity contribution in [3.8, 4) is 10.7 Å². The predicted octanol–water partition coefficient (Wildman–Crippen LogP) is 2.76. The number of alkyl halides is 2. The van der Waals surface area contributed by atoms with Crippen molar-refractivity contribution < 1.29 is 8.78 Å². The van der Waals surface area contributed by atoms with Crippen molar-refractivity contribution in [2.45, 2.75) is 25.3 Å². The van der Waals surface area contributed by atoms with Crippen LogP contribution >= 0.6 is 11.3 Å². The molecular weight excluding hydrogens is 270 g/mol. The maximum atomic E-state index is 13.1. The molecule has 0 unspecified atom stereocenters. The molecule has 102 valence electrons. The van der Waals surface area contributed by atoms with Crippen molar-refractivity contribution in [2.24, 2.45) is 0 Å². The van der Waals surface area contributed by atoms with Crippen molar-refractivity contribution in [3.05, 3.63) is 23.3 Å². The van der Waals surface area contributed by atoms with Crippen LogP contribution in [0.25, 0.3) is 10.7 Å². The normalized spacial score (nSPS) is 19.7. The van der Waals surface area contributed by atoms with Gasteiger partial charge >= 0.3 is 0 Å². The van der Waals surface area contributed by atoms with Gasteiger partial charge in [-0.05, 0) is 12.1 Å². The number of likely N-dealkylation sites (tertiary alicyclic amines) is 1. The van der Waals surface area contributed by atoms with Gasteiger partial charge in [-0.1, -0.05) is 0 Å². The Morgan fingerprint density at radius 1 is 1.32 bits per heavy atom. The van der Waals surface area contributed by atoms with Gasteiger partial charge in [0, 0.05) is 37.4 Å². The van der Waals surface area contributed by atoms with Crippen LogP contribution in [0.3, 0.4) is 0 Å². The Hall–Kier alpha value is -1.34. The van der Waals surface area contributed by atoms with Crippen LogP contribution in [0, 0.1) is 0 Å². The van der Waals surface area contributed by atoms with E-state index in [1.54, 1.807) is 11.3 Å². The second-order valence-electron chi connectivity index (χ2n) is 4.73. The van der Waals surface area contributed by atoms with Crippen molar-refractivity contribution in [3.63, 3.8) is 0 Å². The molecular formula is C12H14F2N4S. The molecule has 1 aliphatic heterocycles. The van der Waals surface area contributed by atoms with Gasteiger partial charge in [-0.2, -0.15) is 5.10 Å². The molecule has 3 heterocycles. The molecule has 1 aliphatic rings. The Morgan fingerprint density at radius 2 is 2.11 bits per heavy atom. The molecule has 1 N–H and O–H groups in total. The third kappa shape index (κ3) is 2.98. The molecule has 0 aromatic carbocycles. The van der Waals surface area contributed by atoms with E-state index >= 15 is 0 Å². The summed E-state index contributed by atoms with van der Waals surface area (Å²) in [5.74, 6) is -1.72. The number of thiophene rings is 1. The predicted molar refractivity (Wildman–Crippen MR) is 69.2 cm³/mol. The summed E-state index contributed by atoms with van der Waals surface area (Å²) in [6, 6.07) is 4.01. The molecule has 7 heteroatoms. The second kappa shape index (κ2) is 4.97. The Kier molecular flexibility index (Phi) is 3.32. The molecule has 4 nitrogen and oxygen atoms in total. The number of hydrogen-bond acceptors (Lipinski definition) is 4. The highest BCUT2D eigenvalue weighted by molar-refractivity contribution is 7.15. The van der Waals surface area contributed by atoms with Crippen LogP contribution in [0.2, 0.25) is 0 Å². The summed E-state index contributed by atoms with van der Waals surface area (Å²) >= 11 is 1.62. The third-order valence-corrected chi connectivity index (χ3v) is 4.35. The second-order valence-corrected chi connectivity index (χ2v) is 5.90. The molecule has 0 aliphatic carbocycles. The van der Waals surface area contributed by atoms with Crippen molar-refractivity contribution in [2.75, 3.05) is 13.1 Å². The van der Waals surface area contributed by atoms with Crippen LogP contribution in [0.4, 0.5) is 8.78 Å². The molecule has 0 saturated carbocycles. The lowest BCUT2D eigenvalue weighted by atomic mass is 10.1. The first-order chi connectivity index (χ1) is 9.12. The van der Waals surface area contributed by atoms with Crippen LogP contribution in [-0.2, 0) is 6.54 Å². The number of H-pyrrole nitrogens is 1. The third-order valence-electron chi connectivity index (χ3n) is 3.28. The molecule has 1 fully saturated rings. The van der Waals surface area contributed by atoms with E-state index in [2.05, 4.69) is 20.1 Å². The number of hydrogen-bond donors (Lipinski definition) is 1. The summed E-state index contributed by atoms with van der Waals surface area (Å²) in [7, 11) is 0. The standard InChI is InChI=1S/C12H14F2N4S/c13-12(14)3-5-18(6-4-12)7-9-1-2-10(19-9)11-15-8-16-17-11/h1-2,8H,3-7H2,(H,15,16,17). The smallest absolute Gasteiger partial charge is 0.250 e. The molecule has 3 rings (SSSR count). The molecule has 0 bridgehead atoms. The van der Waals surface area contributed by atoms with Crippen LogP contribution < -0.4 is 0 Å². The first-order valence-electron chi connectivity index (χ1n) is 6.17. The van der Waals surface area contributed by atoms with Gasteiger partial charge in [0.1, 0.15) is 6.33 Å². The van der Waals surface area contributed by atoms with E-state index in [0.29, 0.717) is 13.1 Å². The number of halogens is 2. The average molecular weight is 284 g/mol. The number of aromatic nitrogens is 3. The first kappa shape index (κ1) is 12.7. The van der Waals surface area contributed by atoms with E-state index in [1.807, 2.05) is 12.1 Å². The fourth-order valence-electron chi connectivity index (χ4n) is 2.17. The van der Waals surface area contributed by atoms with Gasteiger partial charge in [0.15, 0.2) is 5.82 Å². The molecule has 2 aromatic rings. The molecule has 2 aromatic heterocycles. The average Bonchev–Trinajstić information content (AvgIpc) is 3.02. The minimum Gasteiger partial charge on any atom is -0.298 e. The Bertz CT molecular complexity index is 528. The maximum Gasteiger partial charge on any atom is 0.250 e. The number of nitrogens with one attached hydrogen (secondary N) is 1. The van der Waals surface area contributed by atoms with E-state index in [0.717, 1.165) is 22.1 Å². The van der Waals surface area contributed by atoms with Crippen LogP contribution in [0.1, 0.15) is 17.7 Å². The highest BCUT2D eigenvalue weighted by atomic mass is 32.1. The summed E-state index contributed by atoms with van der Waals surface area (Å²) in [5, 5.41) is 6.63. The monoisotopic (exact) mass is 284 g/mol. The summed E-state index contributed by atoms with van der Waals surface area (Å²) in [4.78, 5) is 8.36. The van der Waals surface area contributed by atoms with Crippen molar-refractivity contribution >= 4 is 11.3 Å². The molecule has 0 atom stereocenters. The van der Waals surface area contributed by atoms with Gasteiger partial charge in [0.25, 0.3) is 5.92 Å². The molecule has 0 amide bonds. The van der Waals surface area contributed by atoms with Gasteiger partial charge in [0.2, 0.25) is 0 Å². The number of aromatic amines is 1. The zero-order chi connectivity index (χ0) is 13.3. The molecule has 1 saturated heterocycles. The molecule has 0 spiro atoms. The number of rotatable bonds is 3. The summed E-state index contributed by atoms with van der Waals surface area (Å²) in [5.41, 5.74) is 0. The minimum absolute atomic E-state index is 0.0344. The Labute approximate surface area is 113 Å². The first-order valence-corrected chi connectivity index (χ1v) is 6.99. The Morgan fingerprint density at radius 3 is 2.79 bits per heavy atom. The fourth-order valence-corrected chi connectivity index (χ4v) is 3.17. The number of piperidine rings is 1. The Balaban J connectivity index is 1.62. The van der Waals surface area contributed by atoms with E-state index in [1.165, 1.54) is 6.33 Å². The van der Waals surface area contributed by atoms with Gasteiger partial charge in [-0.25, -0.2) is 13.8 Å².